The molecule has 0 spiro atoms. The van der Waals surface area contributed by atoms with Crippen molar-refractivity contribution in [3.05, 3.63) is 59.2 Å². The molecular weight excluding hydrogens is 424 g/mol. The van der Waals surface area contributed by atoms with Gasteiger partial charge in [-0.05, 0) is 79.8 Å². The molecule has 9 nitrogen and oxygen atoms in total. The van der Waals surface area contributed by atoms with E-state index < -0.39 is 11.8 Å². The molecule has 33 heavy (non-hydrogen) atoms. The van der Waals surface area contributed by atoms with Crippen LogP contribution in [0.4, 0.5) is 5.69 Å². The van der Waals surface area contributed by atoms with Crippen molar-refractivity contribution in [1.82, 2.24) is 10.7 Å². The molecule has 0 aliphatic carbocycles. The second-order valence-corrected chi connectivity index (χ2v) is 7.83. The molecule has 3 rings (SSSR count). The van der Waals surface area contributed by atoms with Gasteiger partial charge < -0.3 is 20.1 Å². The largest absolute Gasteiger partial charge is 0.484 e. The van der Waals surface area contributed by atoms with Crippen LogP contribution in [0.3, 0.4) is 0 Å². The van der Waals surface area contributed by atoms with E-state index in [-0.39, 0.29) is 18.6 Å². The molecule has 1 heterocycles. The average Bonchev–Trinajstić information content (AvgIpc) is 3.30. The SMILES string of the molecule is Cc1cc(C)cc(NC(=O)COc2ccc(/C=N\NC(=O)C(=O)NC[C@H]3CCCO3)cc2)c1. The number of amides is 3. The third kappa shape index (κ3) is 8.04. The second kappa shape index (κ2) is 11.8. The lowest BCUT2D eigenvalue weighted by Gasteiger charge is -2.09. The number of carbonyl (C=O) groups is 3. The fraction of sp³-hybridized carbons (Fsp3) is 0.333. The van der Waals surface area contributed by atoms with Gasteiger partial charge in [0.1, 0.15) is 5.75 Å². The first-order valence-electron chi connectivity index (χ1n) is 10.7. The molecule has 0 radical (unpaired) electrons. The number of rotatable bonds is 8. The Hall–Kier alpha value is -3.72. The van der Waals surface area contributed by atoms with Gasteiger partial charge in [0, 0.05) is 18.8 Å². The Morgan fingerprint density at radius 1 is 1.09 bits per heavy atom. The Labute approximate surface area is 192 Å². The van der Waals surface area contributed by atoms with Crippen LogP contribution in [-0.4, -0.2) is 49.8 Å². The van der Waals surface area contributed by atoms with E-state index in [1.54, 1.807) is 24.3 Å². The molecular formula is C24H28N4O5. The van der Waals surface area contributed by atoms with Crippen LogP contribution in [0.2, 0.25) is 0 Å². The van der Waals surface area contributed by atoms with Gasteiger partial charge in [-0.15, -0.1) is 0 Å². The molecule has 1 fully saturated rings. The van der Waals surface area contributed by atoms with Crippen molar-refractivity contribution < 1.29 is 23.9 Å². The first-order valence-corrected chi connectivity index (χ1v) is 10.7. The van der Waals surface area contributed by atoms with Gasteiger partial charge in [0.2, 0.25) is 0 Å². The molecule has 3 amide bonds. The lowest BCUT2D eigenvalue weighted by atomic mass is 10.1. The number of anilines is 1. The summed E-state index contributed by atoms with van der Waals surface area (Å²) in [5, 5.41) is 9.12. The Morgan fingerprint density at radius 2 is 1.82 bits per heavy atom. The second-order valence-electron chi connectivity index (χ2n) is 7.83. The summed E-state index contributed by atoms with van der Waals surface area (Å²) in [4.78, 5) is 35.7. The summed E-state index contributed by atoms with van der Waals surface area (Å²) < 4.78 is 10.9. The minimum absolute atomic E-state index is 0.0382. The molecule has 174 valence electrons. The van der Waals surface area contributed by atoms with Crippen molar-refractivity contribution >= 4 is 29.6 Å². The van der Waals surface area contributed by atoms with E-state index in [4.69, 9.17) is 9.47 Å². The minimum Gasteiger partial charge on any atom is -0.484 e. The zero-order valence-corrected chi connectivity index (χ0v) is 18.7. The third-order valence-corrected chi connectivity index (χ3v) is 4.86. The molecule has 0 saturated carbocycles. The standard InChI is InChI=1S/C24H28N4O5/c1-16-10-17(2)12-19(11-16)27-22(29)15-33-20-7-5-18(6-8-20)13-26-28-24(31)23(30)25-14-21-4-3-9-32-21/h5-8,10-13,21H,3-4,9,14-15H2,1-2H3,(H,25,30)(H,27,29)(H,28,31)/b26-13-/t21-/m1/s1. The Balaban J connectivity index is 1.39. The van der Waals surface area contributed by atoms with E-state index in [1.165, 1.54) is 6.21 Å². The van der Waals surface area contributed by atoms with Crippen molar-refractivity contribution in [3.63, 3.8) is 0 Å². The lowest BCUT2D eigenvalue weighted by molar-refractivity contribution is -0.139. The van der Waals surface area contributed by atoms with Gasteiger partial charge >= 0.3 is 11.8 Å². The highest BCUT2D eigenvalue weighted by molar-refractivity contribution is 6.35. The highest BCUT2D eigenvalue weighted by Gasteiger charge is 2.18. The summed E-state index contributed by atoms with van der Waals surface area (Å²) in [7, 11) is 0. The Kier molecular flexibility index (Phi) is 8.54. The number of benzene rings is 2. The zero-order chi connectivity index (χ0) is 23.6. The Morgan fingerprint density at radius 3 is 2.48 bits per heavy atom. The van der Waals surface area contributed by atoms with E-state index in [0.29, 0.717) is 24.5 Å². The summed E-state index contributed by atoms with van der Waals surface area (Å²) in [6.45, 7) is 4.80. The Bertz CT molecular complexity index is 994. The van der Waals surface area contributed by atoms with Crippen molar-refractivity contribution in [1.29, 1.82) is 0 Å². The summed E-state index contributed by atoms with van der Waals surface area (Å²) in [6, 6.07) is 12.6. The van der Waals surface area contributed by atoms with Crippen LogP contribution in [0.1, 0.15) is 29.5 Å². The first kappa shape index (κ1) is 23.9. The van der Waals surface area contributed by atoms with Gasteiger partial charge in [-0.3, -0.25) is 14.4 Å². The molecule has 3 N–H and O–H groups in total. The molecule has 2 aromatic rings. The van der Waals surface area contributed by atoms with E-state index in [9.17, 15) is 14.4 Å². The summed E-state index contributed by atoms with van der Waals surface area (Å²) in [5.74, 6) is -1.35. The zero-order valence-electron chi connectivity index (χ0n) is 18.7. The lowest BCUT2D eigenvalue weighted by Crippen LogP contribution is -2.41. The predicted molar refractivity (Wildman–Crippen MR) is 124 cm³/mol. The van der Waals surface area contributed by atoms with Gasteiger partial charge in [-0.2, -0.15) is 5.10 Å². The minimum atomic E-state index is -0.848. The maximum absolute atomic E-state index is 12.1. The van der Waals surface area contributed by atoms with Crippen LogP contribution in [0, 0.1) is 13.8 Å². The van der Waals surface area contributed by atoms with Crippen molar-refractivity contribution in [3.8, 4) is 5.75 Å². The smallest absolute Gasteiger partial charge is 0.329 e. The molecule has 1 atom stereocenters. The number of hydrogen-bond donors (Lipinski definition) is 3. The molecule has 2 aromatic carbocycles. The van der Waals surface area contributed by atoms with Crippen LogP contribution < -0.4 is 20.8 Å². The van der Waals surface area contributed by atoms with Crippen LogP contribution in [0.5, 0.6) is 5.75 Å². The molecule has 9 heteroatoms. The van der Waals surface area contributed by atoms with E-state index >= 15 is 0 Å². The number of nitrogens with zero attached hydrogens (tertiary/aromatic N) is 1. The van der Waals surface area contributed by atoms with Gasteiger partial charge in [0.15, 0.2) is 6.61 Å². The average molecular weight is 453 g/mol. The summed E-state index contributed by atoms with van der Waals surface area (Å²) >= 11 is 0. The van der Waals surface area contributed by atoms with Crippen LogP contribution in [-0.2, 0) is 19.1 Å². The maximum atomic E-state index is 12.1. The molecule has 0 aromatic heterocycles. The van der Waals surface area contributed by atoms with E-state index in [0.717, 1.165) is 29.7 Å². The fourth-order valence-electron chi connectivity index (χ4n) is 3.35. The monoisotopic (exact) mass is 452 g/mol. The molecule has 1 aliphatic rings. The van der Waals surface area contributed by atoms with Crippen LogP contribution in [0.15, 0.2) is 47.6 Å². The van der Waals surface area contributed by atoms with Gasteiger partial charge in [-0.1, -0.05) is 6.07 Å². The molecule has 1 aliphatic heterocycles. The highest BCUT2D eigenvalue weighted by Crippen LogP contribution is 2.15. The predicted octanol–water partition coefficient (Wildman–Crippen LogP) is 2.07. The van der Waals surface area contributed by atoms with Crippen molar-refractivity contribution in [2.75, 3.05) is 25.1 Å². The maximum Gasteiger partial charge on any atom is 0.329 e. The number of hydrazone groups is 1. The van der Waals surface area contributed by atoms with E-state index in [2.05, 4.69) is 21.2 Å². The van der Waals surface area contributed by atoms with Crippen LogP contribution in [0.25, 0.3) is 0 Å². The van der Waals surface area contributed by atoms with Crippen LogP contribution >= 0.6 is 0 Å². The summed E-state index contributed by atoms with van der Waals surface area (Å²) in [5.41, 5.74) is 5.74. The topological polar surface area (TPSA) is 118 Å². The normalized spacial score (nSPS) is 15.3. The summed E-state index contributed by atoms with van der Waals surface area (Å²) in [6.07, 6.45) is 3.20. The number of ether oxygens (including phenoxy) is 2. The number of carbonyl (C=O) groups excluding carboxylic acids is 3. The van der Waals surface area contributed by atoms with Gasteiger partial charge in [-0.25, -0.2) is 5.43 Å². The molecule has 0 bridgehead atoms. The molecule has 0 unspecified atom stereocenters. The van der Waals surface area contributed by atoms with Crippen molar-refractivity contribution in [2.45, 2.75) is 32.8 Å². The molecule has 1 saturated heterocycles. The third-order valence-electron chi connectivity index (χ3n) is 4.86. The van der Waals surface area contributed by atoms with Gasteiger partial charge in [0.05, 0.1) is 12.3 Å². The quantitative estimate of drug-likeness (QED) is 0.322. The van der Waals surface area contributed by atoms with Gasteiger partial charge in [0.25, 0.3) is 5.91 Å². The number of nitrogens with one attached hydrogen (secondary N) is 3. The number of aryl methyl sites for hydroxylation is 2. The van der Waals surface area contributed by atoms with E-state index in [1.807, 2.05) is 32.0 Å². The fourth-order valence-corrected chi connectivity index (χ4v) is 3.35. The number of hydrogen-bond acceptors (Lipinski definition) is 6. The highest BCUT2D eigenvalue weighted by atomic mass is 16.5. The first-order chi connectivity index (χ1) is 15.9. The van der Waals surface area contributed by atoms with Crippen molar-refractivity contribution in [2.24, 2.45) is 5.10 Å².